The molecular weight excluding hydrogens is 495 g/mol. The van der Waals surface area contributed by atoms with Crippen molar-refractivity contribution in [2.24, 2.45) is 4.99 Å². The molecule has 0 fully saturated rings. The zero-order valence-corrected chi connectivity index (χ0v) is 19.3. The molecule has 2 aromatic rings. The fourth-order valence-electron chi connectivity index (χ4n) is 3.91. The summed E-state index contributed by atoms with van der Waals surface area (Å²) < 4.78 is 6.32. The SMILES string of the molecule is CSC1=NC2(CC(c3cccs3)c3ccc(O)c(O)c3O2)CC(C)(C)N1.I. The maximum atomic E-state index is 10.5. The van der Waals surface area contributed by atoms with E-state index in [4.69, 9.17) is 9.73 Å². The number of hydrogen-bond acceptors (Lipinski definition) is 7. The number of nitrogens with zero attached hydrogens (tertiary/aromatic N) is 1. The molecule has 1 spiro atoms. The summed E-state index contributed by atoms with van der Waals surface area (Å²) in [7, 11) is 0. The lowest BCUT2D eigenvalue weighted by atomic mass is 9.80. The Balaban J connectivity index is 0.00000210. The summed E-state index contributed by atoms with van der Waals surface area (Å²) in [6, 6.07) is 7.50. The average Bonchev–Trinajstić information content (AvgIpc) is 3.11. The highest BCUT2D eigenvalue weighted by atomic mass is 127. The lowest BCUT2D eigenvalue weighted by molar-refractivity contribution is 0.0111. The van der Waals surface area contributed by atoms with Gasteiger partial charge in [0.1, 0.15) is 0 Å². The van der Waals surface area contributed by atoms with Crippen LogP contribution in [0.4, 0.5) is 0 Å². The first kappa shape index (κ1) is 20.6. The van der Waals surface area contributed by atoms with Crippen molar-refractivity contribution in [3.63, 3.8) is 0 Å². The van der Waals surface area contributed by atoms with Crippen molar-refractivity contribution in [3.8, 4) is 17.2 Å². The molecule has 2 unspecified atom stereocenters. The van der Waals surface area contributed by atoms with E-state index in [0.29, 0.717) is 18.6 Å². The van der Waals surface area contributed by atoms with E-state index in [9.17, 15) is 10.2 Å². The van der Waals surface area contributed by atoms with Gasteiger partial charge in [-0.3, -0.25) is 0 Å². The Morgan fingerprint density at radius 1 is 1.30 bits per heavy atom. The van der Waals surface area contributed by atoms with Crippen molar-refractivity contribution in [1.29, 1.82) is 0 Å². The minimum absolute atomic E-state index is 0. The number of rotatable bonds is 1. The van der Waals surface area contributed by atoms with Gasteiger partial charge in [0.25, 0.3) is 0 Å². The Morgan fingerprint density at radius 2 is 2.07 bits per heavy atom. The van der Waals surface area contributed by atoms with Crippen LogP contribution >= 0.6 is 47.1 Å². The van der Waals surface area contributed by atoms with E-state index in [1.165, 1.54) is 10.9 Å². The Kier molecular flexibility index (Phi) is 5.62. The molecule has 0 radical (unpaired) electrons. The minimum Gasteiger partial charge on any atom is -0.504 e. The Hall–Kier alpha value is -1.13. The van der Waals surface area contributed by atoms with Crippen LogP contribution in [-0.2, 0) is 0 Å². The second kappa shape index (κ2) is 7.36. The third-order valence-electron chi connectivity index (χ3n) is 4.88. The predicted octanol–water partition coefficient (Wildman–Crippen LogP) is 4.88. The summed E-state index contributed by atoms with van der Waals surface area (Å²) in [5.74, 6) is 0.0240. The van der Waals surface area contributed by atoms with Crippen LogP contribution in [0.3, 0.4) is 0 Å². The Labute approximate surface area is 184 Å². The molecule has 2 atom stereocenters. The standard InChI is InChI=1S/C19H22N2O3S2.HI/c1-18(2)10-19(21-17(20-18)25-3)9-12(14-5-4-8-26-14)11-6-7-13(22)15(23)16(11)24-19;/h4-8,12,22-23H,9-10H2,1-3H3,(H,20,21);1H. The molecule has 0 saturated heterocycles. The van der Waals surface area contributed by atoms with Gasteiger partial charge in [-0.25, -0.2) is 4.99 Å². The number of ether oxygens (including phenoxy) is 1. The van der Waals surface area contributed by atoms with E-state index in [1.807, 2.05) is 18.4 Å². The van der Waals surface area contributed by atoms with Gasteiger partial charge in [-0.15, -0.1) is 35.3 Å². The molecule has 2 aliphatic rings. The van der Waals surface area contributed by atoms with Crippen molar-refractivity contribution in [1.82, 2.24) is 5.32 Å². The molecule has 4 rings (SSSR count). The van der Waals surface area contributed by atoms with Gasteiger partial charge >= 0.3 is 0 Å². The molecule has 1 aromatic carbocycles. The number of benzene rings is 1. The molecule has 0 amide bonds. The number of hydrogen-bond donors (Lipinski definition) is 3. The number of phenolic OH excluding ortho intramolecular Hbond substituents is 2. The number of thiophene rings is 1. The van der Waals surface area contributed by atoms with Crippen LogP contribution in [0.5, 0.6) is 17.2 Å². The van der Waals surface area contributed by atoms with Gasteiger partial charge in [0, 0.05) is 34.7 Å². The maximum Gasteiger partial charge on any atom is 0.206 e. The van der Waals surface area contributed by atoms with Gasteiger partial charge in [0.2, 0.25) is 11.5 Å². The lowest BCUT2D eigenvalue weighted by Gasteiger charge is -2.47. The highest BCUT2D eigenvalue weighted by Gasteiger charge is 2.49. The fourth-order valence-corrected chi connectivity index (χ4v) is 5.39. The van der Waals surface area contributed by atoms with Crippen molar-refractivity contribution < 1.29 is 14.9 Å². The monoisotopic (exact) mass is 518 g/mol. The number of thioether (sulfide) groups is 1. The second-order valence-corrected chi connectivity index (χ2v) is 9.25. The molecule has 146 valence electrons. The van der Waals surface area contributed by atoms with Gasteiger partial charge in [-0.2, -0.15) is 0 Å². The van der Waals surface area contributed by atoms with E-state index in [1.54, 1.807) is 23.1 Å². The summed E-state index contributed by atoms with van der Waals surface area (Å²) in [6.45, 7) is 4.25. The van der Waals surface area contributed by atoms with Gasteiger partial charge in [0.05, 0.1) is 0 Å². The number of amidine groups is 1. The highest BCUT2D eigenvalue weighted by molar-refractivity contribution is 14.0. The quantitative estimate of drug-likeness (QED) is 0.371. The van der Waals surface area contributed by atoms with Gasteiger partial charge in [0.15, 0.2) is 16.7 Å². The fraction of sp³-hybridized carbons (Fsp3) is 0.421. The smallest absolute Gasteiger partial charge is 0.206 e. The number of fused-ring (bicyclic) bond motifs is 1. The first-order chi connectivity index (χ1) is 12.3. The lowest BCUT2D eigenvalue weighted by Crippen LogP contribution is -2.56. The van der Waals surface area contributed by atoms with Crippen LogP contribution in [0.15, 0.2) is 34.6 Å². The van der Waals surface area contributed by atoms with Crippen molar-refractivity contribution >= 4 is 52.2 Å². The highest BCUT2D eigenvalue weighted by Crippen LogP contribution is 2.54. The number of phenols is 2. The molecule has 1 aromatic heterocycles. The summed E-state index contributed by atoms with van der Waals surface area (Å²) in [5.41, 5.74) is -0.0741. The first-order valence-corrected chi connectivity index (χ1v) is 10.6. The third-order valence-corrected chi connectivity index (χ3v) is 6.45. The zero-order valence-electron chi connectivity index (χ0n) is 15.4. The van der Waals surface area contributed by atoms with E-state index in [-0.39, 0.29) is 46.9 Å². The number of nitrogens with one attached hydrogen (secondary N) is 1. The molecule has 3 heterocycles. The molecule has 27 heavy (non-hydrogen) atoms. The molecule has 5 nitrogen and oxygen atoms in total. The van der Waals surface area contributed by atoms with Gasteiger partial charge in [-0.1, -0.05) is 23.9 Å². The number of aliphatic imine (C=N–C) groups is 1. The predicted molar refractivity (Wildman–Crippen MR) is 122 cm³/mol. The molecule has 2 aliphatic heterocycles. The van der Waals surface area contributed by atoms with Crippen LogP contribution in [-0.4, -0.2) is 32.9 Å². The van der Waals surface area contributed by atoms with Crippen LogP contribution in [0, 0.1) is 0 Å². The van der Waals surface area contributed by atoms with E-state index in [0.717, 1.165) is 10.7 Å². The van der Waals surface area contributed by atoms with Crippen molar-refractivity contribution in [2.45, 2.75) is 43.9 Å². The topological polar surface area (TPSA) is 74.1 Å². The van der Waals surface area contributed by atoms with Crippen LogP contribution in [0.2, 0.25) is 0 Å². The number of halogens is 1. The first-order valence-electron chi connectivity index (χ1n) is 8.52. The van der Waals surface area contributed by atoms with Crippen molar-refractivity contribution in [2.75, 3.05) is 6.26 Å². The summed E-state index contributed by atoms with van der Waals surface area (Å²) in [6.07, 6.45) is 3.35. The van der Waals surface area contributed by atoms with E-state index < -0.39 is 5.72 Å². The molecule has 0 aliphatic carbocycles. The maximum absolute atomic E-state index is 10.5. The second-order valence-electron chi connectivity index (χ2n) is 7.48. The van der Waals surface area contributed by atoms with Gasteiger partial charge in [-0.05, 0) is 37.6 Å². The molecule has 3 N–H and O–H groups in total. The third kappa shape index (κ3) is 3.75. The summed E-state index contributed by atoms with van der Waals surface area (Å²) in [5, 5.41) is 26.8. The molecule has 0 saturated carbocycles. The average molecular weight is 518 g/mol. The normalized spacial score (nSPS) is 25.6. The van der Waals surface area contributed by atoms with Crippen LogP contribution in [0.1, 0.15) is 43.0 Å². The summed E-state index contributed by atoms with van der Waals surface area (Å²) in [4.78, 5) is 6.08. The van der Waals surface area contributed by atoms with E-state index >= 15 is 0 Å². The minimum atomic E-state index is -0.778. The van der Waals surface area contributed by atoms with Crippen LogP contribution in [0.25, 0.3) is 0 Å². The zero-order chi connectivity index (χ0) is 18.5. The van der Waals surface area contributed by atoms with Gasteiger partial charge < -0.3 is 20.3 Å². The van der Waals surface area contributed by atoms with E-state index in [2.05, 4.69) is 30.6 Å². The Bertz CT molecular complexity index is 870. The summed E-state index contributed by atoms with van der Waals surface area (Å²) >= 11 is 3.24. The largest absolute Gasteiger partial charge is 0.504 e. The van der Waals surface area contributed by atoms with Crippen LogP contribution < -0.4 is 10.1 Å². The molecule has 0 bridgehead atoms. The van der Waals surface area contributed by atoms with Crippen molar-refractivity contribution in [3.05, 3.63) is 40.1 Å². The Morgan fingerprint density at radius 3 is 2.74 bits per heavy atom. The number of aromatic hydroxyl groups is 2. The molecule has 8 heteroatoms. The molecular formula is C19H23IN2O3S2.